The fourth-order valence-electron chi connectivity index (χ4n) is 3.15. The molecule has 3 rings (SSSR count). The molecule has 2 aromatic carbocycles. The van der Waals surface area contributed by atoms with E-state index >= 15 is 0 Å². The second-order valence-corrected chi connectivity index (χ2v) is 8.61. The maximum Gasteiger partial charge on any atom is 0.301 e. The molecular weight excluding hydrogens is 386 g/mol. The number of hydrogen-bond donors (Lipinski definition) is 2. The standard InChI is InChI=1S/C19H22ClN3O3S/c1-2-13-11-15(20)6-7-16(13)19(24)14-5-8-17(21)18(12-14)22-27(25,26)23-9-3-4-10-23/h5-8,11-12,22H,2-4,9-10,21H2,1H3. The van der Waals surface area contributed by atoms with Crippen LogP contribution in [0.15, 0.2) is 36.4 Å². The number of rotatable bonds is 6. The van der Waals surface area contributed by atoms with E-state index in [0.717, 1.165) is 18.4 Å². The van der Waals surface area contributed by atoms with E-state index in [0.29, 0.717) is 35.7 Å². The average molecular weight is 408 g/mol. The van der Waals surface area contributed by atoms with Gasteiger partial charge in [0.25, 0.3) is 0 Å². The summed E-state index contributed by atoms with van der Waals surface area (Å²) in [6.07, 6.45) is 2.33. The van der Waals surface area contributed by atoms with Crippen molar-refractivity contribution in [2.24, 2.45) is 0 Å². The van der Waals surface area contributed by atoms with E-state index in [9.17, 15) is 13.2 Å². The highest BCUT2D eigenvalue weighted by molar-refractivity contribution is 7.90. The molecular formula is C19H22ClN3O3S. The molecule has 144 valence electrons. The maximum atomic E-state index is 13.0. The van der Waals surface area contributed by atoms with E-state index in [-0.39, 0.29) is 17.2 Å². The van der Waals surface area contributed by atoms with E-state index in [2.05, 4.69) is 4.72 Å². The first kappa shape index (κ1) is 19.7. The summed E-state index contributed by atoms with van der Waals surface area (Å²) in [7, 11) is -3.69. The fourth-order valence-corrected chi connectivity index (χ4v) is 4.67. The van der Waals surface area contributed by atoms with Gasteiger partial charge in [0.05, 0.1) is 11.4 Å². The minimum Gasteiger partial charge on any atom is -0.397 e. The molecule has 0 aliphatic carbocycles. The number of nitrogens with one attached hydrogen (secondary N) is 1. The third-order valence-corrected chi connectivity index (χ3v) is 6.41. The van der Waals surface area contributed by atoms with Crippen molar-refractivity contribution in [1.82, 2.24) is 4.31 Å². The van der Waals surface area contributed by atoms with Crippen molar-refractivity contribution in [3.05, 3.63) is 58.1 Å². The number of hydrogen-bond acceptors (Lipinski definition) is 4. The second-order valence-electron chi connectivity index (χ2n) is 6.50. The van der Waals surface area contributed by atoms with Crippen molar-refractivity contribution >= 4 is 39.0 Å². The van der Waals surface area contributed by atoms with E-state index in [4.69, 9.17) is 17.3 Å². The molecule has 1 aliphatic heterocycles. The summed E-state index contributed by atoms with van der Waals surface area (Å²) in [6, 6.07) is 9.74. The summed E-state index contributed by atoms with van der Waals surface area (Å²) in [5, 5.41) is 0.569. The minimum absolute atomic E-state index is 0.204. The molecule has 1 fully saturated rings. The smallest absolute Gasteiger partial charge is 0.301 e. The van der Waals surface area contributed by atoms with Gasteiger partial charge in [-0.2, -0.15) is 12.7 Å². The highest BCUT2D eigenvalue weighted by Gasteiger charge is 2.26. The SMILES string of the molecule is CCc1cc(Cl)ccc1C(=O)c1ccc(N)c(NS(=O)(=O)N2CCCC2)c1. The predicted octanol–water partition coefficient (Wildman–Crippen LogP) is 3.47. The number of nitrogen functional groups attached to an aromatic ring is 1. The zero-order valence-electron chi connectivity index (χ0n) is 15.0. The molecule has 0 spiro atoms. The van der Waals surface area contributed by atoms with Crippen LogP contribution in [0.3, 0.4) is 0 Å². The molecule has 1 aliphatic rings. The number of anilines is 2. The Kier molecular flexibility index (Phi) is 5.74. The molecule has 0 amide bonds. The molecule has 0 saturated carbocycles. The molecule has 0 unspecified atom stereocenters. The van der Waals surface area contributed by atoms with Crippen molar-refractivity contribution in [2.75, 3.05) is 23.5 Å². The van der Waals surface area contributed by atoms with Crippen molar-refractivity contribution in [3.63, 3.8) is 0 Å². The molecule has 3 N–H and O–H groups in total. The lowest BCUT2D eigenvalue weighted by atomic mass is 9.96. The summed E-state index contributed by atoms with van der Waals surface area (Å²) in [5.74, 6) is -0.204. The Balaban J connectivity index is 1.92. The van der Waals surface area contributed by atoms with Crippen LogP contribution < -0.4 is 10.5 Å². The number of aryl methyl sites for hydroxylation is 1. The highest BCUT2D eigenvalue weighted by atomic mass is 35.5. The van der Waals surface area contributed by atoms with Gasteiger partial charge in [-0.3, -0.25) is 9.52 Å². The van der Waals surface area contributed by atoms with Crippen molar-refractivity contribution in [1.29, 1.82) is 0 Å². The maximum absolute atomic E-state index is 13.0. The van der Waals surface area contributed by atoms with E-state index in [1.54, 1.807) is 24.3 Å². The summed E-state index contributed by atoms with van der Waals surface area (Å²) >= 11 is 6.02. The third kappa shape index (κ3) is 4.26. The number of carbonyl (C=O) groups excluding carboxylic acids is 1. The Labute approximate surface area is 164 Å². The molecule has 0 radical (unpaired) electrons. The zero-order chi connectivity index (χ0) is 19.6. The van der Waals surface area contributed by atoms with Crippen LogP contribution in [-0.4, -0.2) is 31.6 Å². The van der Waals surface area contributed by atoms with Crippen molar-refractivity contribution in [3.8, 4) is 0 Å². The molecule has 2 aromatic rings. The van der Waals surface area contributed by atoms with Crippen molar-refractivity contribution in [2.45, 2.75) is 26.2 Å². The van der Waals surface area contributed by atoms with Crippen LogP contribution in [0.2, 0.25) is 5.02 Å². The zero-order valence-corrected chi connectivity index (χ0v) is 16.6. The van der Waals surface area contributed by atoms with Crippen LogP contribution in [-0.2, 0) is 16.6 Å². The first-order valence-corrected chi connectivity index (χ1v) is 10.6. The summed E-state index contributed by atoms with van der Waals surface area (Å²) in [5.41, 5.74) is 8.15. The number of nitrogens with two attached hydrogens (primary N) is 1. The van der Waals surface area contributed by atoms with Gasteiger partial charge < -0.3 is 5.73 Å². The van der Waals surface area contributed by atoms with E-state index < -0.39 is 10.2 Å². The molecule has 1 heterocycles. The number of carbonyl (C=O) groups is 1. The normalized spacial score (nSPS) is 15.0. The molecule has 1 saturated heterocycles. The molecule has 6 nitrogen and oxygen atoms in total. The number of benzene rings is 2. The van der Waals surface area contributed by atoms with Crippen LogP contribution in [0, 0.1) is 0 Å². The number of ketones is 1. The van der Waals surface area contributed by atoms with Crippen LogP contribution in [0.25, 0.3) is 0 Å². The quantitative estimate of drug-likeness (QED) is 0.566. The average Bonchev–Trinajstić information content (AvgIpc) is 3.18. The number of nitrogens with zero attached hydrogens (tertiary/aromatic N) is 1. The van der Waals surface area contributed by atoms with Gasteiger partial charge in [-0.15, -0.1) is 0 Å². The van der Waals surface area contributed by atoms with Gasteiger partial charge in [-0.05, 0) is 61.2 Å². The molecule has 27 heavy (non-hydrogen) atoms. The summed E-state index contributed by atoms with van der Waals surface area (Å²) in [6.45, 7) is 2.91. The molecule has 8 heteroatoms. The van der Waals surface area contributed by atoms with Crippen LogP contribution in [0.5, 0.6) is 0 Å². The molecule has 0 aromatic heterocycles. The third-order valence-electron chi connectivity index (χ3n) is 4.65. The van der Waals surface area contributed by atoms with Crippen molar-refractivity contribution < 1.29 is 13.2 Å². The summed E-state index contributed by atoms with van der Waals surface area (Å²) < 4.78 is 28.9. The predicted molar refractivity (Wildman–Crippen MR) is 108 cm³/mol. The Hall–Kier alpha value is -2.09. The van der Waals surface area contributed by atoms with Gasteiger partial charge in [-0.25, -0.2) is 0 Å². The Bertz CT molecular complexity index is 970. The molecule has 0 bridgehead atoms. The monoisotopic (exact) mass is 407 g/mol. The fraction of sp³-hybridized carbons (Fsp3) is 0.316. The lowest BCUT2D eigenvalue weighted by molar-refractivity contribution is 0.103. The summed E-state index contributed by atoms with van der Waals surface area (Å²) in [4.78, 5) is 13.0. The number of halogens is 1. The minimum atomic E-state index is -3.69. The van der Waals surface area contributed by atoms with Gasteiger partial charge in [-0.1, -0.05) is 18.5 Å². The van der Waals surface area contributed by atoms with Gasteiger partial charge >= 0.3 is 10.2 Å². The van der Waals surface area contributed by atoms with Gasteiger partial charge in [0.1, 0.15) is 0 Å². The van der Waals surface area contributed by atoms with Gasteiger partial charge in [0.15, 0.2) is 5.78 Å². The molecule has 0 atom stereocenters. The van der Waals surface area contributed by atoms with E-state index in [1.165, 1.54) is 16.4 Å². The van der Waals surface area contributed by atoms with Crippen LogP contribution in [0.4, 0.5) is 11.4 Å². The Morgan fingerprint density at radius 1 is 1.19 bits per heavy atom. The largest absolute Gasteiger partial charge is 0.397 e. The van der Waals surface area contributed by atoms with Crippen LogP contribution >= 0.6 is 11.6 Å². The van der Waals surface area contributed by atoms with Gasteiger partial charge in [0, 0.05) is 29.2 Å². The first-order valence-electron chi connectivity index (χ1n) is 8.82. The lowest BCUT2D eigenvalue weighted by Crippen LogP contribution is -2.33. The Morgan fingerprint density at radius 3 is 2.56 bits per heavy atom. The van der Waals surface area contributed by atoms with Gasteiger partial charge in [0.2, 0.25) is 0 Å². The lowest BCUT2D eigenvalue weighted by Gasteiger charge is -2.18. The van der Waals surface area contributed by atoms with E-state index in [1.807, 2.05) is 6.92 Å². The topological polar surface area (TPSA) is 92.5 Å². The highest BCUT2D eigenvalue weighted by Crippen LogP contribution is 2.26. The first-order chi connectivity index (χ1) is 12.8. The van der Waals surface area contributed by atoms with Crippen LogP contribution in [0.1, 0.15) is 41.3 Å². The Morgan fingerprint density at radius 2 is 1.89 bits per heavy atom. The second kappa shape index (κ2) is 7.88.